The minimum Gasteiger partial charge on any atom is -0.508 e. The molecular formula is C11H17NO2. The summed E-state index contributed by atoms with van der Waals surface area (Å²) in [5.74, 6) is 0.237. The van der Waals surface area contributed by atoms with Gasteiger partial charge in [-0.1, -0.05) is 19.1 Å². The van der Waals surface area contributed by atoms with E-state index in [9.17, 15) is 5.11 Å². The lowest BCUT2D eigenvalue weighted by Crippen LogP contribution is -2.09. The van der Waals surface area contributed by atoms with Crippen molar-refractivity contribution in [3.05, 3.63) is 29.3 Å². The van der Waals surface area contributed by atoms with Gasteiger partial charge < -0.3 is 15.9 Å². The monoisotopic (exact) mass is 195 g/mol. The number of nitrogens with two attached hydrogens (primary N) is 1. The standard InChI is InChI=1S/C11H17NO2/c1-2-10(12)9-7-8(5-6-13)3-4-11(9)14/h3-4,7,10,13-14H,2,5-6,12H2,1H3/t10-/m1/s1. The number of hydrogen-bond donors (Lipinski definition) is 3. The first-order valence-corrected chi connectivity index (χ1v) is 4.87. The van der Waals surface area contributed by atoms with E-state index in [0.717, 1.165) is 17.5 Å². The van der Waals surface area contributed by atoms with Crippen molar-refractivity contribution in [2.24, 2.45) is 5.73 Å². The van der Waals surface area contributed by atoms with E-state index in [1.54, 1.807) is 12.1 Å². The number of benzene rings is 1. The second kappa shape index (κ2) is 4.98. The third kappa shape index (κ3) is 2.47. The van der Waals surface area contributed by atoms with Gasteiger partial charge in [-0.15, -0.1) is 0 Å². The van der Waals surface area contributed by atoms with Gasteiger partial charge in [0.2, 0.25) is 0 Å². The maximum atomic E-state index is 9.56. The Balaban J connectivity index is 2.95. The van der Waals surface area contributed by atoms with Crippen molar-refractivity contribution in [1.82, 2.24) is 0 Å². The predicted molar refractivity (Wildman–Crippen MR) is 56.1 cm³/mol. The Morgan fingerprint density at radius 1 is 1.43 bits per heavy atom. The fourth-order valence-electron chi connectivity index (χ4n) is 1.41. The Bertz CT molecular complexity index is 299. The Kier molecular flexibility index (Phi) is 3.92. The van der Waals surface area contributed by atoms with Crippen molar-refractivity contribution in [1.29, 1.82) is 0 Å². The summed E-state index contributed by atoms with van der Waals surface area (Å²) in [6.07, 6.45) is 1.39. The summed E-state index contributed by atoms with van der Waals surface area (Å²) in [4.78, 5) is 0. The van der Waals surface area contributed by atoms with Crippen molar-refractivity contribution in [3.8, 4) is 5.75 Å². The quantitative estimate of drug-likeness (QED) is 0.679. The van der Waals surface area contributed by atoms with E-state index in [4.69, 9.17) is 10.8 Å². The Hall–Kier alpha value is -1.06. The minimum absolute atomic E-state index is 0.117. The van der Waals surface area contributed by atoms with E-state index < -0.39 is 0 Å². The average Bonchev–Trinajstić information content (AvgIpc) is 2.20. The average molecular weight is 195 g/mol. The van der Waals surface area contributed by atoms with Crippen LogP contribution in [0.1, 0.15) is 30.5 Å². The molecular weight excluding hydrogens is 178 g/mol. The van der Waals surface area contributed by atoms with Gasteiger partial charge in [0.25, 0.3) is 0 Å². The number of rotatable bonds is 4. The van der Waals surface area contributed by atoms with Crippen LogP contribution in [0.3, 0.4) is 0 Å². The number of phenols is 1. The molecule has 1 rings (SSSR count). The fourth-order valence-corrected chi connectivity index (χ4v) is 1.41. The summed E-state index contributed by atoms with van der Waals surface area (Å²) in [7, 11) is 0. The molecule has 3 heteroatoms. The van der Waals surface area contributed by atoms with E-state index in [0.29, 0.717) is 6.42 Å². The number of aliphatic hydroxyl groups is 1. The smallest absolute Gasteiger partial charge is 0.120 e. The first-order chi connectivity index (χ1) is 6.69. The molecule has 0 amide bonds. The summed E-state index contributed by atoms with van der Waals surface area (Å²) < 4.78 is 0. The second-order valence-electron chi connectivity index (χ2n) is 3.38. The van der Waals surface area contributed by atoms with Gasteiger partial charge in [-0.3, -0.25) is 0 Å². The van der Waals surface area contributed by atoms with Crippen molar-refractivity contribution < 1.29 is 10.2 Å². The lowest BCUT2D eigenvalue weighted by atomic mass is 10.0. The van der Waals surface area contributed by atoms with Crippen LogP contribution in [-0.2, 0) is 6.42 Å². The molecule has 0 unspecified atom stereocenters. The summed E-state index contributed by atoms with van der Waals surface area (Å²) in [6, 6.07) is 5.17. The molecule has 0 aliphatic carbocycles. The van der Waals surface area contributed by atoms with Crippen LogP contribution in [0.2, 0.25) is 0 Å². The molecule has 0 aliphatic heterocycles. The highest BCUT2D eigenvalue weighted by atomic mass is 16.3. The van der Waals surface area contributed by atoms with Gasteiger partial charge in [0.05, 0.1) is 0 Å². The van der Waals surface area contributed by atoms with Gasteiger partial charge in [0.1, 0.15) is 5.75 Å². The summed E-state index contributed by atoms with van der Waals surface area (Å²) in [6.45, 7) is 2.09. The fraction of sp³-hybridized carbons (Fsp3) is 0.455. The van der Waals surface area contributed by atoms with Crippen LogP contribution in [0.25, 0.3) is 0 Å². The molecule has 3 nitrogen and oxygen atoms in total. The number of aliphatic hydroxyl groups excluding tert-OH is 1. The zero-order valence-corrected chi connectivity index (χ0v) is 8.40. The maximum absolute atomic E-state index is 9.56. The third-order valence-electron chi connectivity index (χ3n) is 2.33. The lowest BCUT2D eigenvalue weighted by Gasteiger charge is -2.12. The topological polar surface area (TPSA) is 66.5 Å². The van der Waals surface area contributed by atoms with Crippen LogP contribution in [0.4, 0.5) is 0 Å². The molecule has 0 heterocycles. The van der Waals surface area contributed by atoms with Crippen LogP contribution in [0, 0.1) is 0 Å². The zero-order chi connectivity index (χ0) is 10.6. The molecule has 0 bridgehead atoms. The van der Waals surface area contributed by atoms with Crippen LogP contribution in [-0.4, -0.2) is 16.8 Å². The van der Waals surface area contributed by atoms with Crippen LogP contribution in [0.15, 0.2) is 18.2 Å². The Morgan fingerprint density at radius 2 is 2.14 bits per heavy atom. The molecule has 14 heavy (non-hydrogen) atoms. The summed E-state index contributed by atoms with van der Waals surface area (Å²) in [5, 5.41) is 18.3. The Morgan fingerprint density at radius 3 is 2.71 bits per heavy atom. The largest absolute Gasteiger partial charge is 0.508 e. The van der Waals surface area contributed by atoms with Crippen molar-refractivity contribution in [2.45, 2.75) is 25.8 Å². The highest BCUT2D eigenvalue weighted by molar-refractivity contribution is 5.38. The van der Waals surface area contributed by atoms with E-state index in [1.165, 1.54) is 0 Å². The number of aromatic hydroxyl groups is 1. The second-order valence-corrected chi connectivity index (χ2v) is 3.38. The van der Waals surface area contributed by atoms with Gasteiger partial charge in [0.15, 0.2) is 0 Å². The van der Waals surface area contributed by atoms with E-state index >= 15 is 0 Å². The summed E-state index contributed by atoms with van der Waals surface area (Å²) in [5.41, 5.74) is 7.60. The van der Waals surface area contributed by atoms with Crippen LogP contribution < -0.4 is 5.73 Å². The molecule has 0 aromatic heterocycles. The summed E-state index contributed by atoms with van der Waals surface area (Å²) >= 11 is 0. The molecule has 78 valence electrons. The SMILES string of the molecule is CC[C@@H](N)c1cc(CCO)ccc1O. The van der Waals surface area contributed by atoms with Crippen molar-refractivity contribution in [3.63, 3.8) is 0 Å². The number of hydrogen-bond acceptors (Lipinski definition) is 3. The molecule has 1 aromatic rings. The van der Waals surface area contributed by atoms with E-state index in [2.05, 4.69) is 0 Å². The highest BCUT2D eigenvalue weighted by Crippen LogP contribution is 2.25. The molecule has 0 aliphatic rings. The van der Waals surface area contributed by atoms with Gasteiger partial charge in [0, 0.05) is 18.2 Å². The third-order valence-corrected chi connectivity index (χ3v) is 2.33. The van der Waals surface area contributed by atoms with Gasteiger partial charge >= 0.3 is 0 Å². The van der Waals surface area contributed by atoms with Crippen molar-refractivity contribution >= 4 is 0 Å². The van der Waals surface area contributed by atoms with Gasteiger partial charge in [-0.25, -0.2) is 0 Å². The number of phenolic OH excluding ortho intramolecular Hbond substituents is 1. The molecule has 0 saturated carbocycles. The first-order valence-electron chi connectivity index (χ1n) is 4.87. The first kappa shape index (κ1) is 11.0. The molecule has 0 fully saturated rings. The highest BCUT2D eigenvalue weighted by Gasteiger charge is 2.09. The zero-order valence-electron chi connectivity index (χ0n) is 8.40. The normalized spacial score (nSPS) is 12.8. The van der Waals surface area contributed by atoms with Crippen LogP contribution in [0.5, 0.6) is 5.75 Å². The molecule has 4 N–H and O–H groups in total. The maximum Gasteiger partial charge on any atom is 0.120 e. The molecule has 0 spiro atoms. The van der Waals surface area contributed by atoms with Crippen molar-refractivity contribution in [2.75, 3.05) is 6.61 Å². The molecule has 0 radical (unpaired) electrons. The predicted octanol–water partition coefficient (Wildman–Crippen LogP) is 1.34. The van der Waals surface area contributed by atoms with Crippen LogP contribution >= 0.6 is 0 Å². The molecule has 1 atom stereocenters. The molecule has 1 aromatic carbocycles. The molecule has 0 saturated heterocycles. The Labute approximate surface area is 84.2 Å². The lowest BCUT2D eigenvalue weighted by molar-refractivity contribution is 0.299. The van der Waals surface area contributed by atoms with E-state index in [1.807, 2.05) is 13.0 Å². The van der Waals surface area contributed by atoms with Gasteiger partial charge in [-0.05, 0) is 24.5 Å². The van der Waals surface area contributed by atoms with Gasteiger partial charge in [-0.2, -0.15) is 0 Å². The minimum atomic E-state index is -0.131. The van der Waals surface area contributed by atoms with E-state index in [-0.39, 0.29) is 18.4 Å².